The molecule has 0 aliphatic rings. The van der Waals surface area contributed by atoms with Crippen molar-refractivity contribution in [1.82, 2.24) is 20.4 Å². The number of nitrogens with zero attached hydrogens (tertiary/aromatic N) is 2. The summed E-state index contributed by atoms with van der Waals surface area (Å²) in [7, 11) is 7.51. The monoisotopic (exact) mass is 422 g/mol. The molecule has 0 aliphatic carbocycles. The molecular weight excluding hydrogens is 392 g/mol. The summed E-state index contributed by atoms with van der Waals surface area (Å²) in [5.74, 6) is -4.51. The van der Waals surface area contributed by atoms with Crippen molar-refractivity contribution in [3.63, 3.8) is 0 Å². The summed E-state index contributed by atoms with van der Waals surface area (Å²) in [6, 6.07) is 2.20. The first kappa shape index (κ1) is 25.1. The van der Waals surface area contributed by atoms with Gasteiger partial charge in [0.15, 0.2) is 0 Å². The molecule has 1 aromatic carbocycles. The summed E-state index contributed by atoms with van der Waals surface area (Å²) in [6.45, 7) is 1.96. The zero-order valence-electron chi connectivity index (χ0n) is 17.8. The van der Waals surface area contributed by atoms with Crippen LogP contribution in [0.3, 0.4) is 0 Å². The van der Waals surface area contributed by atoms with Crippen LogP contribution >= 0.6 is 0 Å². The van der Waals surface area contributed by atoms with Crippen LogP contribution in [0.15, 0.2) is 12.1 Å². The van der Waals surface area contributed by atoms with E-state index in [1.165, 1.54) is 0 Å². The standard InChI is InChI=1S/C20H30N4O6/c1-23(2)11-5-9-21-17(25)13-7-8-14(19(27)28)15(16(13)20(29)30)18(26)22-10-6-12-24(3)4/h7-8H,5-6,9-12H2,1-4H3,(H,21,25)(H,22,26)(H,27,28)(H,29,30). The maximum atomic E-state index is 12.7. The number of benzene rings is 1. The van der Waals surface area contributed by atoms with Crippen LogP contribution in [-0.4, -0.2) is 98.1 Å². The zero-order chi connectivity index (χ0) is 22.8. The van der Waals surface area contributed by atoms with Crippen LogP contribution in [0.1, 0.15) is 54.3 Å². The molecule has 0 fully saturated rings. The van der Waals surface area contributed by atoms with Crippen molar-refractivity contribution >= 4 is 23.8 Å². The third kappa shape index (κ3) is 7.45. The van der Waals surface area contributed by atoms with Gasteiger partial charge < -0.3 is 30.6 Å². The molecule has 166 valence electrons. The normalized spacial score (nSPS) is 10.9. The van der Waals surface area contributed by atoms with Crippen molar-refractivity contribution in [1.29, 1.82) is 0 Å². The van der Waals surface area contributed by atoms with Crippen LogP contribution in [0.5, 0.6) is 0 Å². The number of carboxylic acids is 2. The number of carboxylic acid groups (broad SMARTS) is 2. The van der Waals surface area contributed by atoms with Gasteiger partial charge in [0, 0.05) is 13.1 Å². The lowest BCUT2D eigenvalue weighted by atomic mass is 9.94. The van der Waals surface area contributed by atoms with Gasteiger partial charge in [0.1, 0.15) is 0 Å². The Kier molecular flexibility index (Phi) is 9.93. The SMILES string of the molecule is CN(C)CCCNC(=O)c1ccc(C(=O)O)c(C(=O)NCCCN(C)C)c1C(=O)O. The highest BCUT2D eigenvalue weighted by Crippen LogP contribution is 2.21. The number of hydrogen-bond acceptors (Lipinski definition) is 6. The lowest BCUT2D eigenvalue weighted by Gasteiger charge is -2.15. The lowest BCUT2D eigenvalue weighted by molar-refractivity contribution is 0.0681. The molecule has 0 unspecified atom stereocenters. The Hall–Kier alpha value is -2.98. The molecule has 0 aromatic heterocycles. The Balaban J connectivity index is 3.18. The fraction of sp³-hybridized carbons (Fsp3) is 0.500. The molecule has 1 aromatic rings. The van der Waals surface area contributed by atoms with E-state index in [0.717, 1.165) is 18.7 Å². The Morgan fingerprint density at radius 3 is 1.63 bits per heavy atom. The summed E-state index contributed by atoms with van der Waals surface area (Å²) in [5, 5.41) is 24.3. The minimum atomic E-state index is -1.55. The Morgan fingerprint density at radius 1 is 0.733 bits per heavy atom. The van der Waals surface area contributed by atoms with Crippen LogP contribution < -0.4 is 10.6 Å². The highest BCUT2D eigenvalue weighted by Gasteiger charge is 2.29. The predicted octanol–water partition coefficient (Wildman–Crippen LogP) is 0.446. The topological polar surface area (TPSA) is 139 Å². The summed E-state index contributed by atoms with van der Waals surface area (Å²) in [6.07, 6.45) is 1.24. The molecule has 0 saturated heterocycles. The molecule has 10 nitrogen and oxygen atoms in total. The second-order valence-electron chi connectivity index (χ2n) is 7.35. The third-order valence-corrected chi connectivity index (χ3v) is 4.26. The van der Waals surface area contributed by atoms with Crippen LogP contribution in [0, 0.1) is 0 Å². The molecule has 0 radical (unpaired) electrons. The first-order chi connectivity index (χ1) is 14.1. The molecule has 0 aliphatic heterocycles. The van der Waals surface area contributed by atoms with Gasteiger partial charge in [0.05, 0.1) is 22.3 Å². The van der Waals surface area contributed by atoms with E-state index in [0.29, 0.717) is 25.9 Å². The fourth-order valence-electron chi connectivity index (χ4n) is 2.81. The van der Waals surface area contributed by atoms with E-state index in [1.54, 1.807) is 0 Å². The maximum absolute atomic E-state index is 12.7. The van der Waals surface area contributed by atoms with Gasteiger partial charge in [-0.05, 0) is 66.3 Å². The molecule has 0 saturated carbocycles. The van der Waals surface area contributed by atoms with Gasteiger partial charge in [-0.3, -0.25) is 9.59 Å². The fourth-order valence-corrected chi connectivity index (χ4v) is 2.81. The van der Waals surface area contributed by atoms with E-state index in [-0.39, 0.29) is 12.1 Å². The summed E-state index contributed by atoms with van der Waals surface area (Å²) >= 11 is 0. The van der Waals surface area contributed by atoms with E-state index in [1.807, 2.05) is 38.0 Å². The average molecular weight is 422 g/mol. The Morgan fingerprint density at radius 2 is 1.20 bits per heavy atom. The van der Waals surface area contributed by atoms with Gasteiger partial charge in [-0.15, -0.1) is 0 Å². The minimum Gasteiger partial charge on any atom is -0.478 e. The molecule has 4 N–H and O–H groups in total. The van der Waals surface area contributed by atoms with Crippen LogP contribution in [0.4, 0.5) is 0 Å². The lowest BCUT2D eigenvalue weighted by Crippen LogP contribution is -2.33. The van der Waals surface area contributed by atoms with Crippen molar-refractivity contribution < 1.29 is 29.4 Å². The van der Waals surface area contributed by atoms with E-state index in [4.69, 9.17) is 0 Å². The third-order valence-electron chi connectivity index (χ3n) is 4.26. The molecule has 10 heteroatoms. The van der Waals surface area contributed by atoms with Gasteiger partial charge in [-0.1, -0.05) is 0 Å². The first-order valence-electron chi connectivity index (χ1n) is 9.55. The van der Waals surface area contributed by atoms with Crippen molar-refractivity contribution in [3.8, 4) is 0 Å². The number of nitrogens with one attached hydrogen (secondary N) is 2. The Labute approximate surface area is 175 Å². The summed E-state index contributed by atoms with van der Waals surface area (Å²) < 4.78 is 0. The first-order valence-corrected chi connectivity index (χ1v) is 9.55. The highest BCUT2D eigenvalue weighted by molar-refractivity contribution is 6.16. The number of rotatable bonds is 12. The zero-order valence-corrected chi connectivity index (χ0v) is 17.8. The molecule has 2 amide bonds. The highest BCUT2D eigenvalue weighted by atomic mass is 16.4. The molecular formula is C20H30N4O6. The van der Waals surface area contributed by atoms with E-state index < -0.39 is 40.4 Å². The summed E-state index contributed by atoms with van der Waals surface area (Å²) in [4.78, 5) is 52.5. The Bertz CT molecular complexity index is 792. The number of carbonyl (C=O) groups is 4. The second kappa shape index (κ2) is 11.9. The second-order valence-corrected chi connectivity index (χ2v) is 7.35. The summed E-state index contributed by atoms with van der Waals surface area (Å²) in [5.41, 5.74) is -1.87. The molecule has 0 spiro atoms. The predicted molar refractivity (Wildman–Crippen MR) is 111 cm³/mol. The van der Waals surface area contributed by atoms with Crippen molar-refractivity contribution in [3.05, 3.63) is 34.4 Å². The van der Waals surface area contributed by atoms with Gasteiger partial charge >= 0.3 is 11.9 Å². The molecule has 1 rings (SSSR count). The van der Waals surface area contributed by atoms with Gasteiger partial charge in [0.25, 0.3) is 11.8 Å². The molecule has 0 heterocycles. The maximum Gasteiger partial charge on any atom is 0.337 e. The smallest absolute Gasteiger partial charge is 0.337 e. The average Bonchev–Trinajstić information content (AvgIpc) is 2.66. The molecule has 0 bridgehead atoms. The van der Waals surface area contributed by atoms with Gasteiger partial charge in [-0.2, -0.15) is 0 Å². The quantitative estimate of drug-likeness (QED) is 0.356. The largest absolute Gasteiger partial charge is 0.478 e. The van der Waals surface area contributed by atoms with Crippen molar-refractivity contribution in [2.24, 2.45) is 0 Å². The van der Waals surface area contributed by atoms with Crippen LogP contribution in [0.2, 0.25) is 0 Å². The molecule has 30 heavy (non-hydrogen) atoms. The number of aromatic carboxylic acids is 2. The van der Waals surface area contributed by atoms with E-state index in [2.05, 4.69) is 10.6 Å². The number of hydrogen-bond donors (Lipinski definition) is 4. The van der Waals surface area contributed by atoms with Crippen LogP contribution in [-0.2, 0) is 0 Å². The number of carbonyl (C=O) groups excluding carboxylic acids is 2. The number of amides is 2. The van der Waals surface area contributed by atoms with Crippen molar-refractivity contribution in [2.75, 3.05) is 54.4 Å². The minimum absolute atomic E-state index is 0.232. The molecule has 0 atom stereocenters. The van der Waals surface area contributed by atoms with Crippen molar-refractivity contribution in [2.45, 2.75) is 12.8 Å². The van der Waals surface area contributed by atoms with E-state index >= 15 is 0 Å². The van der Waals surface area contributed by atoms with Gasteiger partial charge in [0.2, 0.25) is 0 Å². The van der Waals surface area contributed by atoms with Crippen LogP contribution in [0.25, 0.3) is 0 Å². The van der Waals surface area contributed by atoms with Gasteiger partial charge in [-0.25, -0.2) is 9.59 Å². The van der Waals surface area contributed by atoms with E-state index in [9.17, 15) is 29.4 Å².